The molecule has 1 saturated carbocycles. The van der Waals surface area contributed by atoms with E-state index in [1.54, 1.807) is 0 Å². The molecule has 18 heavy (non-hydrogen) atoms. The third kappa shape index (κ3) is 3.47. The minimum Gasteiger partial charge on any atom is -0.353 e. The highest BCUT2D eigenvalue weighted by Gasteiger charge is 2.31. The molecule has 2 rings (SSSR count). The summed E-state index contributed by atoms with van der Waals surface area (Å²) < 4.78 is 0. The summed E-state index contributed by atoms with van der Waals surface area (Å²) in [5.74, 6) is 1.88. The molecule has 0 aromatic rings. The van der Waals surface area contributed by atoms with E-state index in [1.165, 1.54) is 38.5 Å². The normalized spacial score (nSPS) is 36.6. The number of carbonyl (C=O) groups excluding carboxylic acids is 1. The summed E-state index contributed by atoms with van der Waals surface area (Å²) in [5, 5.41) is 6.58. The highest BCUT2D eigenvalue weighted by atomic mass is 16.2. The van der Waals surface area contributed by atoms with Crippen LogP contribution in [-0.4, -0.2) is 25.0 Å². The lowest BCUT2D eigenvalue weighted by molar-refractivity contribution is -0.126. The Bertz CT molecular complexity index is 272. The van der Waals surface area contributed by atoms with Gasteiger partial charge >= 0.3 is 0 Å². The van der Waals surface area contributed by atoms with Crippen molar-refractivity contribution in [2.75, 3.05) is 13.1 Å². The van der Waals surface area contributed by atoms with E-state index in [9.17, 15) is 4.79 Å². The first-order valence-electron chi connectivity index (χ1n) is 7.71. The van der Waals surface area contributed by atoms with E-state index in [1.807, 2.05) is 0 Å². The molecule has 0 bridgehead atoms. The van der Waals surface area contributed by atoms with Gasteiger partial charge in [0.1, 0.15) is 0 Å². The lowest BCUT2D eigenvalue weighted by Crippen LogP contribution is -2.42. The van der Waals surface area contributed by atoms with Crippen LogP contribution in [0.3, 0.4) is 0 Å². The van der Waals surface area contributed by atoms with E-state index < -0.39 is 0 Å². The SMILES string of the molecule is CCCC1CCC(NC(=O)C2CNCC2C)CC1. The molecular weight excluding hydrogens is 224 g/mol. The molecule has 1 aliphatic heterocycles. The fourth-order valence-corrected chi connectivity index (χ4v) is 3.47. The smallest absolute Gasteiger partial charge is 0.224 e. The number of carbonyl (C=O) groups is 1. The van der Waals surface area contributed by atoms with Crippen LogP contribution in [0.4, 0.5) is 0 Å². The van der Waals surface area contributed by atoms with Gasteiger partial charge in [0.2, 0.25) is 5.91 Å². The third-order valence-electron chi connectivity index (χ3n) is 4.74. The van der Waals surface area contributed by atoms with Crippen molar-refractivity contribution in [2.45, 2.75) is 58.4 Å². The van der Waals surface area contributed by atoms with E-state index in [2.05, 4.69) is 24.5 Å². The Hall–Kier alpha value is -0.570. The van der Waals surface area contributed by atoms with Crippen molar-refractivity contribution in [1.29, 1.82) is 0 Å². The third-order valence-corrected chi connectivity index (χ3v) is 4.74. The van der Waals surface area contributed by atoms with E-state index in [-0.39, 0.29) is 11.8 Å². The topological polar surface area (TPSA) is 41.1 Å². The van der Waals surface area contributed by atoms with Gasteiger partial charge in [-0.3, -0.25) is 4.79 Å². The lowest BCUT2D eigenvalue weighted by Gasteiger charge is -2.30. The van der Waals surface area contributed by atoms with Crippen LogP contribution in [0.25, 0.3) is 0 Å². The molecule has 3 heteroatoms. The average Bonchev–Trinajstić information content (AvgIpc) is 2.78. The van der Waals surface area contributed by atoms with Gasteiger partial charge < -0.3 is 10.6 Å². The number of rotatable bonds is 4. The maximum atomic E-state index is 12.2. The molecule has 3 nitrogen and oxygen atoms in total. The largest absolute Gasteiger partial charge is 0.353 e. The molecular formula is C15H28N2O. The van der Waals surface area contributed by atoms with Crippen LogP contribution >= 0.6 is 0 Å². The first kappa shape index (κ1) is 13.9. The summed E-state index contributed by atoms with van der Waals surface area (Å²) in [5.41, 5.74) is 0. The van der Waals surface area contributed by atoms with Gasteiger partial charge in [0.05, 0.1) is 5.92 Å². The summed E-state index contributed by atoms with van der Waals surface area (Å²) in [4.78, 5) is 12.2. The molecule has 0 aromatic carbocycles. The quantitative estimate of drug-likeness (QED) is 0.806. The van der Waals surface area contributed by atoms with Crippen LogP contribution in [0.2, 0.25) is 0 Å². The summed E-state index contributed by atoms with van der Waals surface area (Å²) in [7, 11) is 0. The van der Waals surface area contributed by atoms with E-state index in [0.717, 1.165) is 19.0 Å². The molecule has 0 radical (unpaired) electrons. The molecule has 1 amide bonds. The molecule has 1 aliphatic carbocycles. The number of amides is 1. The van der Waals surface area contributed by atoms with Gasteiger partial charge in [-0.1, -0.05) is 26.7 Å². The molecule has 0 aromatic heterocycles. The molecule has 1 heterocycles. The zero-order valence-electron chi connectivity index (χ0n) is 11.9. The second-order valence-corrected chi connectivity index (χ2v) is 6.26. The van der Waals surface area contributed by atoms with Gasteiger partial charge in [-0.15, -0.1) is 0 Å². The van der Waals surface area contributed by atoms with Crippen molar-refractivity contribution in [3.05, 3.63) is 0 Å². The highest BCUT2D eigenvalue weighted by molar-refractivity contribution is 5.79. The van der Waals surface area contributed by atoms with Crippen molar-refractivity contribution in [3.8, 4) is 0 Å². The monoisotopic (exact) mass is 252 g/mol. The molecule has 2 atom stereocenters. The van der Waals surface area contributed by atoms with Crippen molar-refractivity contribution in [2.24, 2.45) is 17.8 Å². The molecule has 1 saturated heterocycles. The van der Waals surface area contributed by atoms with E-state index in [4.69, 9.17) is 0 Å². The Morgan fingerprint density at radius 2 is 1.94 bits per heavy atom. The fourth-order valence-electron chi connectivity index (χ4n) is 3.47. The second kappa shape index (κ2) is 6.55. The van der Waals surface area contributed by atoms with Crippen molar-refractivity contribution in [1.82, 2.24) is 10.6 Å². The van der Waals surface area contributed by atoms with Crippen LogP contribution in [0, 0.1) is 17.8 Å². The van der Waals surface area contributed by atoms with E-state index in [0.29, 0.717) is 12.0 Å². The minimum absolute atomic E-state index is 0.193. The molecule has 2 fully saturated rings. The Labute approximate surface area is 111 Å². The predicted molar refractivity (Wildman–Crippen MR) is 74.3 cm³/mol. The summed E-state index contributed by atoms with van der Waals surface area (Å²) >= 11 is 0. The Morgan fingerprint density at radius 1 is 1.22 bits per heavy atom. The summed E-state index contributed by atoms with van der Waals surface area (Å²) in [6, 6.07) is 0.443. The molecule has 2 unspecified atom stereocenters. The maximum Gasteiger partial charge on any atom is 0.224 e. The summed E-state index contributed by atoms with van der Waals surface area (Å²) in [6.45, 7) is 6.28. The second-order valence-electron chi connectivity index (χ2n) is 6.26. The Morgan fingerprint density at radius 3 is 2.50 bits per heavy atom. The Kier molecular flexibility index (Phi) is 5.04. The van der Waals surface area contributed by atoms with Gasteiger partial charge in [-0.05, 0) is 44.1 Å². The molecule has 104 valence electrons. The van der Waals surface area contributed by atoms with E-state index >= 15 is 0 Å². The van der Waals surface area contributed by atoms with Crippen LogP contribution in [0.5, 0.6) is 0 Å². The molecule has 0 spiro atoms. The zero-order valence-corrected chi connectivity index (χ0v) is 11.9. The minimum atomic E-state index is 0.193. The summed E-state index contributed by atoms with van der Waals surface area (Å²) in [6.07, 6.45) is 7.64. The first-order chi connectivity index (χ1) is 8.70. The van der Waals surface area contributed by atoms with Crippen molar-refractivity contribution < 1.29 is 4.79 Å². The van der Waals surface area contributed by atoms with Crippen molar-refractivity contribution in [3.63, 3.8) is 0 Å². The highest BCUT2D eigenvalue weighted by Crippen LogP contribution is 2.28. The van der Waals surface area contributed by atoms with Crippen LogP contribution in [-0.2, 0) is 4.79 Å². The van der Waals surface area contributed by atoms with Gasteiger partial charge in [0, 0.05) is 12.6 Å². The predicted octanol–water partition coefficient (Wildman–Crippen LogP) is 2.32. The first-order valence-corrected chi connectivity index (χ1v) is 7.71. The average molecular weight is 252 g/mol. The van der Waals surface area contributed by atoms with Gasteiger partial charge in [0.15, 0.2) is 0 Å². The van der Waals surface area contributed by atoms with Crippen LogP contribution in [0.15, 0.2) is 0 Å². The van der Waals surface area contributed by atoms with Gasteiger partial charge in [-0.25, -0.2) is 0 Å². The van der Waals surface area contributed by atoms with Crippen LogP contribution in [0.1, 0.15) is 52.4 Å². The maximum absolute atomic E-state index is 12.2. The van der Waals surface area contributed by atoms with Crippen LogP contribution < -0.4 is 10.6 Å². The number of hydrogen-bond acceptors (Lipinski definition) is 2. The fraction of sp³-hybridized carbons (Fsp3) is 0.933. The zero-order chi connectivity index (χ0) is 13.0. The standard InChI is InChI=1S/C15H28N2O/c1-3-4-12-5-7-13(8-6-12)17-15(18)14-10-16-9-11(14)2/h11-14,16H,3-10H2,1-2H3,(H,17,18). The molecule has 2 aliphatic rings. The molecule has 2 N–H and O–H groups in total. The Balaban J connectivity index is 1.72. The van der Waals surface area contributed by atoms with Crippen molar-refractivity contribution >= 4 is 5.91 Å². The number of hydrogen-bond donors (Lipinski definition) is 2. The van der Waals surface area contributed by atoms with Gasteiger partial charge in [0.25, 0.3) is 0 Å². The van der Waals surface area contributed by atoms with Gasteiger partial charge in [-0.2, -0.15) is 0 Å². The lowest BCUT2D eigenvalue weighted by atomic mass is 9.83. The number of nitrogens with one attached hydrogen (secondary N) is 2.